The fourth-order valence-corrected chi connectivity index (χ4v) is 1.93. The molecule has 0 N–H and O–H groups in total. The third-order valence-corrected chi connectivity index (χ3v) is 8.05. The second-order valence-corrected chi connectivity index (χ2v) is 13.8. The van der Waals surface area contributed by atoms with Gasteiger partial charge in [0, 0.05) is 0 Å². The van der Waals surface area contributed by atoms with Crippen LogP contribution in [-0.2, 0) is 4.43 Å². The minimum atomic E-state index is -1.65. The largest absolute Gasteiger partial charge is 0.550 e. The summed E-state index contributed by atoms with van der Waals surface area (Å²) in [6, 6.07) is 0. The molecule has 0 aromatic heterocycles. The van der Waals surface area contributed by atoms with E-state index in [1.165, 1.54) is 0 Å². The molecule has 0 saturated carbocycles. The van der Waals surface area contributed by atoms with Crippen molar-refractivity contribution in [3.63, 3.8) is 0 Å². The highest BCUT2D eigenvalue weighted by Gasteiger charge is 2.37. The van der Waals surface area contributed by atoms with E-state index in [1.807, 2.05) is 0 Å². The van der Waals surface area contributed by atoms with E-state index in [9.17, 15) is 0 Å². The highest BCUT2D eigenvalue weighted by molar-refractivity contribution is 7.36. The molecule has 0 bridgehead atoms. The third kappa shape index (κ3) is 5.10. The van der Waals surface area contributed by atoms with Crippen molar-refractivity contribution in [3.8, 4) is 0 Å². The van der Waals surface area contributed by atoms with Crippen LogP contribution in [0.4, 0.5) is 0 Å². The van der Waals surface area contributed by atoms with Crippen molar-refractivity contribution in [2.45, 2.75) is 38.9 Å². The van der Waals surface area contributed by atoms with Crippen molar-refractivity contribution in [1.82, 2.24) is 0 Å². The SMILES string of the molecule is CC(C)(C)[Si](C)(C)OC=C[SiH](Cl)Cl. The molecule has 0 aromatic rings. The van der Waals surface area contributed by atoms with Crippen molar-refractivity contribution < 1.29 is 4.43 Å². The lowest BCUT2D eigenvalue weighted by Gasteiger charge is -2.34. The summed E-state index contributed by atoms with van der Waals surface area (Å²) in [5.41, 5.74) is 1.78. The lowest BCUT2D eigenvalue weighted by atomic mass is 10.2. The third-order valence-electron chi connectivity index (χ3n) is 2.39. The minimum absolute atomic E-state index is 0.229. The van der Waals surface area contributed by atoms with Gasteiger partial charge in [0.25, 0.3) is 7.42 Å². The summed E-state index contributed by atoms with van der Waals surface area (Å²) in [4.78, 5) is 0. The highest BCUT2D eigenvalue weighted by Crippen LogP contribution is 2.36. The molecule has 0 aliphatic carbocycles. The van der Waals surface area contributed by atoms with Crippen LogP contribution in [0.5, 0.6) is 0 Å². The van der Waals surface area contributed by atoms with Gasteiger partial charge in [-0.15, -0.1) is 22.2 Å². The number of hydrogen-bond acceptors (Lipinski definition) is 1. The van der Waals surface area contributed by atoms with E-state index in [0.717, 1.165) is 0 Å². The zero-order valence-corrected chi connectivity index (χ0v) is 12.6. The number of rotatable bonds is 3. The Hall–Kier alpha value is 0.554. The maximum Gasteiger partial charge on any atom is 0.262 e. The van der Waals surface area contributed by atoms with Crippen LogP contribution in [0, 0.1) is 0 Å². The first-order chi connectivity index (χ1) is 5.67. The summed E-state index contributed by atoms with van der Waals surface area (Å²) in [5.74, 6) is 0. The van der Waals surface area contributed by atoms with Crippen molar-refractivity contribution in [3.05, 3.63) is 12.0 Å². The first-order valence-electron chi connectivity index (χ1n) is 4.29. The van der Waals surface area contributed by atoms with Gasteiger partial charge in [0.1, 0.15) is 0 Å². The zero-order valence-electron chi connectivity index (χ0n) is 8.90. The molecule has 1 nitrogen and oxygen atoms in total. The molecule has 0 radical (unpaired) electrons. The summed E-state index contributed by atoms with van der Waals surface area (Å²) < 4.78 is 5.73. The van der Waals surface area contributed by atoms with Crippen molar-refractivity contribution >= 4 is 37.9 Å². The van der Waals surface area contributed by atoms with E-state index < -0.39 is 15.7 Å². The van der Waals surface area contributed by atoms with Crippen LogP contribution in [0.15, 0.2) is 12.0 Å². The molecule has 78 valence electrons. The maximum absolute atomic E-state index is 5.73. The van der Waals surface area contributed by atoms with E-state index in [2.05, 4.69) is 33.9 Å². The summed E-state index contributed by atoms with van der Waals surface area (Å²) in [7, 11) is -3.31. The average molecular weight is 257 g/mol. The first-order valence-corrected chi connectivity index (χ1v) is 11.4. The molecule has 0 aliphatic heterocycles. The lowest BCUT2D eigenvalue weighted by molar-refractivity contribution is 0.431. The molecule has 0 unspecified atom stereocenters. The van der Waals surface area contributed by atoms with Crippen LogP contribution < -0.4 is 0 Å². The van der Waals surface area contributed by atoms with Gasteiger partial charge in [0.2, 0.25) is 8.32 Å². The number of halogens is 2. The van der Waals surface area contributed by atoms with E-state index in [-0.39, 0.29) is 5.04 Å². The lowest BCUT2D eigenvalue weighted by Crippen LogP contribution is -2.39. The molecule has 0 saturated heterocycles. The molecule has 0 aromatic carbocycles. The molecular weight excluding hydrogens is 239 g/mol. The van der Waals surface area contributed by atoms with Gasteiger partial charge in [0.05, 0.1) is 6.26 Å². The van der Waals surface area contributed by atoms with Crippen LogP contribution in [0.2, 0.25) is 18.1 Å². The standard InChI is InChI=1S/C8H18Cl2OSi2/c1-8(2,3)13(4,5)11-6-7-12(9)10/h6-7,12H,1-5H3. The van der Waals surface area contributed by atoms with E-state index >= 15 is 0 Å². The fraction of sp³-hybridized carbons (Fsp3) is 0.750. The Kier molecular flexibility index (Phi) is 5.08. The smallest absolute Gasteiger partial charge is 0.262 e. The summed E-state index contributed by atoms with van der Waals surface area (Å²) in [6.07, 6.45) is 1.69. The second-order valence-electron chi connectivity index (χ2n) is 4.54. The summed E-state index contributed by atoms with van der Waals surface area (Å²) >= 11 is 11.3. The molecule has 0 aliphatic rings. The maximum atomic E-state index is 5.73. The average Bonchev–Trinajstić information content (AvgIpc) is 1.82. The first kappa shape index (κ1) is 13.6. The van der Waals surface area contributed by atoms with Crippen LogP contribution in [-0.4, -0.2) is 15.7 Å². The highest BCUT2D eigenvalue weighted by atomic mass is 35.7. The molecule has 13 heavy (non-hydrogen) atoms. The van der Waals surface area contributed by atoms with Gasteiger partial charge in [-0.25, -0.2) is 0 Å². The van der Waals surface area contributed by atoms with Gasteiger partial charge in [-0.2, -0.15) is 0 Å². The fourth-order valence-electron chi connectivity index (χ4n) is 0.446. The molecule has 0 rings (SSSR count). The molecular formula is C8H18Cl2OSi2. The zero-order chi connectivity index (χ0) is 10.7. The Balaban J connectivity index is 4.20. The van der Waals surface area contributed by atoms with Gasteiger partial charge in [-0.3, -0.25) is 0 Å². The van der Waals surface area contributed by atoms with E-state index in [4.69, 9.17) is 26.6 Å². The van der Waals surface area contributed by atoms with E-state index in [0.29, 0.717) is 0 Å². The van der Waals surface area contributed by atoms with Crippen molar-refractivity contribution in [2.24, 2.45) is 0 Å². The molecule has 0 amide bonds. The molecule has 0 heterocycles. The monoisotopic (exact) mass is 256 g/mol. The molecule has 0 spiro atoms. The Morgan fingerprint density at radius 1 is 1.23 bits per heavy atom. The number of hydrogen-bond donors (Lipinski definition) is 0. The van der Waals surface area contributed by atoms with Crippen LogP contribution >= 0.6 is 22.2 Å². The van der Waals surface area contributed by atoms with Crippen LogP contribution in [0.25, 0.3) is 0 Å². The van der Waals surface area contributed by atoms with Crippen LogP contribution in [0.1, 0.15) is 20.8 Å². The predicted molar refractivity (Wildman–Crippen MR) is 66.3 cm³/mol. The Morgan fingerprint density at radius 2 is 1.69 bits per heavy atom. The van der Waals surface area contributed by atoms with Crippen LogP contribution in [0.3, 0.4) is 0 Å². The van der Waals surface area contributed by atoms with Gasteiger partial charge in [-0.05, 0) is 23.8 Å². The summed E-state index contributed by atoms with van der Waals surface area (Å²) in [5, 5.41) is 0.229. The topological polar surface area (TPSA) is 9.23 Å². The van der Waals surface area contributed by atoms with Gasteiger partial charge >= 0.3 is 0 Å². The quantitative estimate of drug-likeness (QED) is 0.425. The Morgan fingerprint density at radius 3 is 2.00 bits per heavy atom. The predicted octanol–water partition coefficient (Wildman–Crippen LogP) is 3.76. The summed E-state index contributed by atoms with van der Waals surface area (Å²) in [6.45, 7) is 11.0. The molecule has 0 atom stereocenters. The normalized spacial score (nSPS) is 14.2. The molecule has 0 fully saturated rings. The minimum Gasteiger partial charge on any atom is -0.550 e. The molecule has 5 heteroatoms. The second kappa shape index (κ2) is 4.87. The Bertz CT molecular complexity index is 185. The van der Waals surface area contributed by atoms with Crippen molar-refractivity contribution in [2.75, 3.05) is 0 Å². The van der Waals surface area contributed by atoms with Gasteiger partial charge < -0.3 is 4.43 Å². The van der Waals surface area contributed by atoms with E-state index in [1.54, 1.807) is 12.0 Å². The van der Waals surface area contributed by atoms with Crippen molar-refractivity contribution in [1.29, 1.82) is 0 Å². The van der Waals surface area contributed by atoms with Gasteiger partial charge in [-0.1, -0.05) is 20.8 Å². The van der Waals surface area contributed by atoms with Gasteiger partial charge in [0.15, 0.2) is 0 Å². The Labute approximate surface area is 93.2 Å².